The molecule has 0 aliphatic heterocycles. The van der Waals surface area contributed by atoms with Gasteiger partial charge in [0, 0.05) is 12.1 Å². The van der Waals surface area contributed by atoms with Crippen molar-refractivity contribution in [3.8, 4) is 17.0 Å². The highest BCUT2D eigenvalue weighted by Crippen LogP contribution is 2.33. The van der Waals surface area contributed by atoms with Crippen LogP contribution in [0.15, 0.2) is 24.5 Å². The van der Waals surface area contributed by atoms with Crippen molar-refractivity contribution < 1.29 is 9.13 Å². The van der Waals surface area contributed by atoms with Gasteiger partial charge in [0.25, 0.3) is 0 Å². The number of aryl methyl sites for hydroxylation is 1. The van der Waals surface area contributed by atoms with Crippen LogP contribution in [0.1, 0.15) is 18.9 Å². The minimum atomic E-state index is -0.288. The summed E-state index contributed by atoms with van der Waals surface area (Å²) in [4.78, 5) is 8.41. The van der Waals surface area contributed by atoms with Crippen molar-refractivity contribution in [2.75, 3.05) is 19.0 Å². The number of nitrogens with zero attached hydrogens (tertiary/aromatic N) is 2. The van der Waals surface area contributed by atoms with Gasteiger partial charge in [0.05, 0.1) is 7.11 Å². The quantitative estimate of drug-likeness (QED) is 0.908. The Balaban J connectivity index is 2.50. The van der Waals surface area contributed by atoms with Crippen LogP contribution in [-0.4, -0.2) is 23.6 Å². The molecule has 0 atom stereocenters. The van der Waals surface area contributed by atoms with Crippen LogP contribution in [0.25, 0.3) is 11.3 Å². The molecule has 1 aromatic heterocycles. The van der Waals surface area contributed by atoms with E-state index in [9.17, 15) is 4.39 Å². The molecule has 0 fully saturated rings. The first-order chi connectivity index (χ1) is 9.65. The first-order valence-corrected chi connectivity index (χ1v) is 6.56. The standard InChI is InChI=1S/C15H18FN3O/c1-4-5-17-15-14(20-3)13(18-9-19-15)11-6-10(2)7-12(16)8-11/h6-9H,4-5H2,1-3H3,(H,17,18,19). The fourth-order valence-electron chi connectivity index (χ4n) is 2.02. The number of nitrogens with one attached hydrogen (secondary N) is 1. The van der Waals surface area contributed by atoms with Gasteiger partial charge >= 0.3 is 0 Å². The van der Waals surface area contributed by atoms with E-state index in [1.54, 1.807) is 7.11 Å². The maximum atomic E-state index is 13.6. The number of methoxy groups -OCH3 is 1. The van der Waals surface area contributed by atoms with E-state index in [-0.39, 0.29) is 5.82 Å². The predicted molar refractivity (Wildman–Crippen MR) is 77.5 cm³/mol. The molecule has 5 heteroatoms. The Morgan fingerprint density at radius 2 is 2.05 bits per heavy atom. The first-order valence-electron chi connectivity index (χ1n) is 6.56. The summed E-state index contributed by atoms with van der Waals surface area (Å²) in [6, 6.07) is 4.80. The maximum Gasteiger partial charge on any atom is 0.187 e. The molecule has 20 heavy (non-hydrogen) atoms. The Hall–Kier alpha value is -2.17. The van der Waals surface area contributed by atoms with Gasteiger partial charge in [-0.3, -0.25) is 0 Å². The number of hydrogen-bond acceptors (Lipinski definition) is 4. The van der Waals surface area contributed by atoms with Gasteiger partial charge < -0.3 is 10.1 Å². The van der Waals surface area contributed by atoms with Gasteiger partial charge in [-0.1, -0.05) is 6.92 Å². The Morgan fingerprint density at radius 3 is 2.70 bits per heavy atom. The third-order valence-electron chi connectivity index (χ3n) is 2.87. The molecule has 0 radical (unpaired) electrons. The SMILES string of the molecule is CCCNc1ncnc(-c2cc(C)cc(F)c2)c1OC. The van der Waals surface area contributed by atoms with Crippen molar-refractivity contribution in [3.63, 3.8) is 0 Å². The third-order valence-corrected chi connectivity index (χ3v) is 2.87. The Kier molecular flexibility index (Phi) is 4.50. The third kappa shape index (κ3) is 3.04. The molecule has 0 aliphatic rings. The zero-order chi connectivity index (χ0) is 14.5. The van der Waals surface area contributed by atoms with Gasteiger partial charge in [0.15, 0.2) is 11.6 Å². The molecular formula is C15H18FN3O. The first kappa shape index (κ1) is 14.2. The summed E-state index contributed by atoms with van der Waals surface area (Å²) in [5.41, 5.74) is 2.11. The summed E-state index contributed by atoms with van der Waals surface area (Å²) in [5, 5.41) is 3.18. The monoisotopic (exact) mass is 275 g/mol. The van der Waals surface area contributed by atoms with E-state index in [0.717, 1.165) is 18.5 Å². The van der Waals surface area contributed by atoms with E-state index in [1.807, 2.05) is 13.0 Å². The normalized spacial score (nSPS) is 10.4. The van der Waals surface area contributed by atoms with Gasteiger partial charge in [0.1, 0.15) is 17.8 Å². The second-order valence-corrected chi connectivity index (χ2v) is 4.55. The van der Waals surface area contributed by atoms with Crippen LogP contribution in [0.4, 0.5) is 10.2 Å². The van der Waals surface area contributed by atoms with Gasteiger partial charge in [-0.25, -0.2) is 14.4 Å². The van der Waals surface area contributed by atoms with Crippen LogP contribution in [-0.2, 0) is 0 Å². The average molecular weight is 275 g/mol. The van der Waals surface area contributed by atoms with Gasteiger partial charge in [0.2, 0.25) is 0 Å². The second kappa shape index (κ2) is 6.32. The summed E-state index contributed by atoms with van der Waals surface area (Å²) in [7, 11) is 1.56. The smallest absolute Gasteiger partial charge is 0.187 e. The number of halogens is 1. The van der Waals surface area contributed by atoms with E-state index in [4.69, 9.17) is 4.74 Å². The number of benzene rings is 1. The van der Waals surface area contributed by atoms with Crippen LogP contribution in [0.2, 0.25) is 0 Å². The van der Waals surface area contributed by atoms with Crippen LogP contribution >= 0.6 is 0 Å². The summed E-state index contributed by atoms with van der Waals surface area (Å²) in [6.45, 7) is 4.70. The van der Waals surface area contributed by atoms with Crippen molar-refractivity contribution in [3.05, 3.63) is 35.9 Å². The number of rotatable bonds is 5. The molecule has 0 saturated heterocycles. The lowest BCUT2D eigenvalue weighted by Gasteiger charge is -2.13. The molecular weight excluding hydrogens is 257 g/mol. The fourth-order valence-corrected chi connectivity index (χ4v) is 2.02. The van der Waals surface area contributed by atoms with E-state index >= 15 is 0 Å². The molecule has 106 valence electrons. The summed E-state index contributed by atoms with van der Waals surface area (Å²) in [5.74, 6) is 0.871. The van der Waals surface area contributed by atoms with Crippen LogP contribution in [0.5, 0.6) is 5.75 Å². The molecule has 0 saturated carbocycles. The maximum absolute atomic E-state index is 13.6. The van der Waals surface area contributed by atoms with Crippen molar-refractivity contribution in [2.24, 2.45) is 0 Å². The lowest BCUT2D eigenvalue weighted by molar-refractivity contribution is 0.414. The minimum Gasteiger partial charge on any atom is -0.491 e. The number of anilines is 1. The molecule has 1 aromatic carbocycles. The molecule has 0 aliphatic carbocycles. The molecule has 0 spiro atoms. The van der Waals surface area contributed by atoms with Crippen LogP contribution in [0.3, 0.4) is 0 Å². The zero-order valence-corrected chi connectivity index (χ0v) is 11.9. The highest BCUT2D eigenvalue weighted by Gasteiger charge is 2.14. The number of aromatic nitrogens is 2. The summed E-state index contributed by atoms with van der Waals surface area (Å²) in [6.07, 6.45) is 2.43. The average Bonchev–Trinajstić information content (AvgIpc) is 2.43. The highest BCUT2D eigenvalue weighted by atomic mass is 19.1. The zero-order valence-electron chi connectivity index (χ0n) is 11.9. The topological polar surface area (TPSA) is 47.0 Å². The molecule has 0 amide bonds. The van der Waals surface area contributed by atoms with Crippen molar-refractivity contribution in [2.45, 2.75) is 20.3 Å². The lowest BCUT2D eigenvalue weighted by atomic mass is 10.1. The number of hydrogen-bond donors (Lipinski definition) is 1. The van der Waals surface area contributed by atoms with Crippen LogP contribution < -0.4 is 10.1 Å². The molecule has 2 aromatic rings. The predicted octanol–water partition coefficient (Wildman–Crippen LogP) is 3.42. The van der Waals surface area contributed by atoms with E-state index < -0.39 is 0 Å². The Bertz CT molecular complexity index is 581. The fraction of sp³-hybridized carbons (Fsp3) is 0.333. The van der Waals surface area contributed by atoms with Crippen molar-refractivity contribution >= 4 is 5.82 Å². The summed E-state index contributed by atoms with van der Waals surface area (Å²) >= 11 is 0. The molecule has 2 rings (SSSR count). The van der Waals surface area contributed by atoms with E-state index in [0.29, 0.717) is 22.8 Å². The largest absolute Gasteiger partial charge is 0.491 e. The lowest BCUT2D eigenvalue weighted by Crippen LogP contribution is -2.06. The van der Waals surface area contributed by atoms with Crippen LogP contribution in [0, 0.1) is 12.7 Å². The summed E-state index contributed by atoms with van der Waals surface area (Å²) < 4.78 is 19.0. The molecule has 1 heterocycles. The Morgan fingerprint density at radius 1 is 1.25 bits per heavy atom. The molecule has 1 N–H and O–H groups in total. The van der Waals surface area contributed by atoms with E-state index in [1.165, 1.54) is 18.5 Å². The second-order valence-electron chi connectivity index (χ2n) is 4.55. The molecule has 0 unspecified atom stereocenters. The highest BCUT2D eigenvalue weighted by molar-refractivity contribution is 5.72. The van der Waals surface area contributed by atoms with Gasteiger partial charge in [-0.15, -0.1) is 0 Å². The van der Waals surface area contributed by atoms with E-state index in [2.05, 4.69) is 22.2 Å². The minimum absolute atomic E-state index is 0.288. The molecule has 4 nitrogen and oxygen atoms in total. The van der Waals surface area contributed by atoms with Crippen molar-refractivity contribution in [1.82, 2.24) is 9.97 Å². The van der Waals surface area contributed by atoms with Crippen molar-refractivity contribution in [1.29, 1.82) is 0 Å². The number of ether oxygens (including phenoxy) is 1. The Labute approximate surface area is 118 Å². The molecule has 0 bridgehead atoms. The van der Waals surface area contributed by atoms with Gasteiger partial charge in [-0.2, -0.15) is 0 Å². The van der Waals surface area contributed by atoms with Gasteiger partial charge in [-0.05, 0) is 37.1 Å².